The molecule has 2 aromatic rings. The molecule has 1 aromatic carbocycles. The molecule has 0 bridgehead atoms. The third-order valence-corrected chi connectivity index (χ3v) is 12.3. The highest BCUT2D eigenvalue weighted by atomic mass is 79.9. The molecule has 0 aliphatic rings. The predicted octanol–water partition coefficient (Wildman–Crippen LogP) is 6.57. The fraction of sp³-hybridized carbons (Fsp3) is 0.529. The molecule has 4 heteroatoms. The first-order valence-corrected chi connectivity index (χ1v) is 10.7. The molecule has 1 heterocycles. The van der Waals surface area contributed by atoms with E-state index in [0.29, 0.717) is 16.6 Å². The monoisotopic (exact) mass is 369 g/mol. The van der Waals surface area contributed by atoms with Crippen LogP contribution in [0.15, 0.2) is 28.9 Å². The maximum absolute atomic E-state index is 13.9. The van der Waals surface area contributed by atoms with Gasteiger partial charge in [0.15, 0.2) is 8.24 Å². The first kappa shape index (κ1) is 16.8. The van der Waals surface area contributed by atoms with Gasteiger partial charge >= 0.3 is 0 Å². The van der Waals surface area contributed by atoms with Crippen LogP contribution in [-0.4, -0.2) is 12.5 Å². The van der Waals surface area contributed by atoms with Gasteiger partial charge in [0.05, 0.1) is 0 Å². The minimum Gasteiger partial charge on any atom is -0.373 e. The lowest BCUT2D eigenvalue weighted by Crippen LogP contribution is -2.51. The lowest BCUT2D eigenvalue weighted by atomic mass is 10.2. The van der Waals surface area contributed by atoms with Crippen molar-refractivity contribution in [1.29, 1.82) is 0 Å². The predicted molar refractivity (Wildman–Crippen MR) is 96.0 cm³/mol. The van der Waals surface area contributed by atoms with Gasteiger partial charge in [-0.3, -0.25) is 0 Å². The Hall–Kier alpha value is -0.613. The highest BCUT2D eigenvalue weighted by Gasteiger charge is 2.45. The van der Waals surface area contributed by atoms with Crippen molar-refractivity contribution < 1.29 is 4.39 Å². The number of halogens is 2. The zero-order chi connectivity index (χ0) is 15.9. The molecule has 0 atom stereocenters. The van der Waals surface area contributed by atoms with E-state index in [9.17, 15) is 4.39 Å². The quantitative estimate of drug-likeness (QED) is 0.537. The van der Waals surface area contributed by atoms with Crippen molar-refractivity contribution in [3.05, 3.63) is 34.7 Å². The van der Waals surface area contributed by atoms with E-state index in [1.54, 1.807) is 12.1 Å². The Kier molecular flexibility index (Phi) is 4.69. The summed E-state index contributed by atoms with van der Waals surface area (Å²) in [6.07, 6.45) is 2.18. The maximum atomic E-state index is 13.9. The molecule has 1 aromatic heterocycles. The molecule has 0 saturated carbocycles. The summed E-state index contributed by atoms with van der Waals surface area (Å²) in [7, 11) is -1.83. The summed E-state index contributed by atoms with van der Waals surface area (Å²) in [5.74, 6) is -0.173. The molecule has 0 fully saturated rings. The van der Waals surface area contributed by atoms with E-state index in [2.05, 4.69) is 74.0 Å². The summed E-state index contributed by atoms with van der Waals surface area (Å²) >= 11 is 3.50. The molecule has 2 rings (SSSR count). The number of nitrogens with zero attached hydrogens (tertiary/aromatic N) is 1. The van der Waals surface area contributed by atoms with Gasteiger partial charge in [-0.1, -0.05) is 41.5 Å². The summed E-state index contributed by atoms with van der Waals surface area (Å²) in [6, 6.07) is 5.36. The second-order valence-electron chi connectivity index (χ2n) is 6.86. The van der Waals surface area contributed by atoms with E-state index in [1.807, 2.05) is 0 Å². The van der Waals surface area contributed by atoms with Crippen LogP contribution in [0, 0.1) is 5.82 Å². The molecule has 0 aliphatic carbocycles. The Bertz CT molecular complexity index is 624. The van der Waals surface area contributed by atoms with Crippen LogP contribution in [-0.2, 0) is 0 Å². The van der Waals surface area contributed by atoms with Crippen LogP contribution in [0.25, 0.3) is 10.9 Å². The van der Waals surface area contributed by atoms with E-state index in [-0.39, 0.29) is 5.82 Å². The van der Waals surface area contributed by atoms with Gasteiger partial charge in [-0.2, -0.15) is 0 Å². The smallest absolute Gasteiger partial charge is 0.169 e. The van der Waals surface area contributed by atoms with Crippen LogP contribution in [0.2, 0.25) is 16.6 Å². The highest BCUT2D eigenvalue weighted by Crippen LogP contribution is 2.44. The van der Waals surface area contributed by atoms with Crippen LogP contribution >= 0.6 is 15.9 Å². The number of hydrogen-bond donors (Lipinski definition) is 0. The van der Waals surface area contributed by atoms with Crippen molar-refractivity contribution in [1.82, 2.24) is 4.23 Å². The Morgan fingerprint density at radius 3 is 2.00 bits per heavy atom. The van der Waals surface area contributed by atoms with E-state index in [4.69, 9.17) is 0 Å². The van der Waals surface area contributed by atoms with Crippen LogP contribution < -0.4 is 0 Å². The van der Waals surface area contributed by atoms with Gasteiger partial charge in [-0.25, -0.2) is 4.39 Å². The minimum absolute atomic E-state index is 0.173. The molecule has 0 radical (unpaired) electrons. The number of fused-ring (bicyclic) bond motifs is 1. The fourth-order valence-electron chi connectivity index (χ4n) is 4.34. The van der Waals surface area contributed by atoms with Crippen LogP contribution in [0.3, 0.4) is 0 Å². The second kappa shape index (κ2) is 5.88. The molecule has 1 nitrogen and oxygen atoms in total. The number of rotatable bonds is 4. The Morgan fingerprint density at radius 1 is 1.00 bits per heavy atom. The standard InChI is InChI=1S/C17H25BrFNSi/c1-11(2)21(12(3)4,13(5)6)20-8-7-15-16(18)9-14(19)10-17(15)20/h7-13H,1-6H3. The van der Waals surface area contributed by atoms with Gasteiger partial charge in [-0.05, 0) is 56.9 Å². The first-order valence-electron chi connectivity index (χ1n) is 7.69. The molecule has 21 heavy (non-hydrogen) atoms. The van der Waals surface area contributed by atoms with Gasteiger partial charge in [0.2, 0.25) is 0 Å². The summed E-state index contributed by atoms with van der Waals surface area (Å²) < 4.78 is 17.2. The summed E-state index contributed by atoms with van der Waals surface area (Å²) in [5, 5.41) is 1.11. The maximum Gasteiger partial charge on any atom is 0.169 e. The zero-order valence-corrected chi connectivity index (χ0v) is 16.3. The average Bonchev–Trinajstić information content (AvgIpc) is 2.73. The molecule has 0 spiro atoms. The number of aromatic nitrogens is 1. The number of benzene rings is 1. The topological polar surface area (TPSA) is 4.93 Å². The van der Waals surface area contributed by atoms with E-state index < -0.39 is 8.24 Å². The average molecular weight is 370 g/mol. The largest absolute Gasteiger partial charge is 0.373 e. The zero-order valence-electron chi connectivity index (χ0n) is 13.7. The normalized spacial score (nSPS) is 13.1. The molecule has 0 saturated heterocycles. The minimum atomic E-state index is -1.83. The van der Waals surface area contributed by atoms with Crippen molar-refractivity contribution in [2.75, 3.05) is 0 Å². The van der Waals surface area contributed by atoms with E-state index >= 15 is 0 Å². The summed E-state index contributed by atoms with van der Waals surface area (Å²) in [4.78, 5) is 0. The molecule has 0 amide bonds. The van der Waals surface area contributed by atoms with Gasteiger partial charge in [-0.15, -0.1) is 0 Å². The van der Waals surface area contributed by atoms with E-state index in [0.717, 1.165) is 15.4 Å². The number of hydrogen-bond acceptors (Lipinski definition) is 0. The van der Waals surface area contributed by atoms with Gasteiger partial charge in [0.1, 0.15) is 5.82 Å². The molecule has 0 N–H and O–H groups in total. The molecule has 0 unspecified atom stereocenters. The van der Waals surface area contributed by atoms with Crippen molar-refractivity contribution in [3.8, 4) is 0 Å². The second-order valence-corrected chi connectivity index (χ2v) is 13.4. The summed E-state index contributed by atoms with van der Waals surface area (Å²) in [5.41, 5.74) is 2.81. The van der Waals surface area contributed by atoms with Crippen molar-refractivity contribution in [3.63, 3.8) is 0 Å². The van der Waals surface area contributed by atoms with Crippen molar-refractivity contribution >= 4 is 35.1 Å². The summed E-state index contributed by atoms with van der Waals surface area (Å²) in [6.45, 7) is 14.0. The Morgan fingerprint density at radius 2 is 1.52 bits per heavy atom. The van der Waals surface area contributed by atoms with Crippen molar-refractivity contribution in [2.24, 2.45) is 0 Å². The SMILES string of the molecule is CC(C)[Si](C(C)C)(C(C)C)n1ccc2c(Br)cc(F)cc21. The third-order valence-electron chi connectivity index (χ3n) is 4.91. The fourth-order valence-corrected chi connectivity index (χ4v) is 11.5. The third kappa shape index (κ3) is 2.50. The lowest BCUT2D eigenvalue weighted by Gasteiger charge is -2.44. The van der Waals surface area contributed by atoms with Crippen LogP contribution in [0.4, 0.5) is 4.39 Å². The highest BCUT2D eigenvalue weighted by molar-refractivity contribution is 9.10. The van der Waals surface area contributed by atoms with Crippen LogP contribution in [0.5, 0.6) is 0 Å². The Labute approximate surface area is 136 Å². The van der Waals surface area contributed by atoms with Gasteiger partial charge in [0, 0.05) is 15.4 Å². The Balaban J connectivity index is 2.84. The van der Waals surface area contributed by atoms with Gasteiger partial charge in [0.25, 0.3) is 0 Å². The molecule has 0 aliphatic heterocycles. The lowest BCUT2D eigenvalue weighted by molar-refractivity contribution is 0.628. The van der Waals surface area contributed by atoms with Crippen molar-refractivity contribution in [2.45, 2.75) is 58.2 Å². The van der Waals surface area contributed by atoms with E-state index in [1.165, 1.54) is 0 Å². The molecular weight excluding hydrogens is 345 g/mol. The molecule has 116 valence electrons. The van der Waals surface area contributed by atoms with Gasteiger partial charge < -0.3 is 4.23 Å². The molecular formula is C17H25BrFNSi. The van der Waals surface area contributed by atoms with Crippen LogP contribution in [0.1, 0.15) is 41.5 Å². The first-order chi connectivity index (χ1) is 9.72.